The molecular weight excluding hydrogens is 76.1 g/mol. The highest BCUT2D eigenvalue weighted by atomic mass is 16.6. The van der Waals surface area contributed by atoms with Crippen LogP contribution in [0.1, 0.15) is 6.92 Å². The van der Waals surface area contributed by atoms with Crippen LogP contribution in [0.25, 0.3) is 0 Å². The summed E-state index contributed by atoms with van der Waals surface area (Å²) in [6.07, 6.45) is 0.583. The SMILES string of the molecule is C=C.CC1CO1. The van der Waals surface area contributed by atoms with Gasteiger partial charge in [0, 0.05) is 0 Å². The Morgan fingerprint density at radius 3 is 1.83 bits per heavy atom. The van der Waals surface area contributed by atoms with Crippen molar-refractivity contribution in [1.29, 1.82) is 0 Å². The van der Waals surface area contributed by atoms with Gasteiger partial charge < -0.3 is 4.74 Å². The van der Waals surface area contributed by atoms with Crippen LogP contribution < -0.4 is 0 Å². The lowest BCUT2D eigenvalue weighted by molar-refractivity contribution is 0.423. The van der Waals surface area contributed by atoms with Crippen LogP contribution in [-0.2, 0) is 4.74 Å². The molecule has 0 saturated carbocycles. The Labute approximate surface area is 38.6 Å². The van der Waals surface area contributed by atoms with Gasteiger partial charge in [-0.15, -0.1) is 13.2 Å². The van der Waals surface area contributed by atoms with E-state index in [4.69, 9.17) is 4.74 Å². The zero-order valence-electron chi connectivity index (χ0n) is 4.11. The molecule has 0 radical (unpaired) electrons. The molecule has 0 aromatic heterocycles. The third kappa shape index (κ3) is 3.70. The van der Waals surface area contributed by atoms with Gasteiger partial charge in [-0.05, 0) is 6.92 Å². The average molecular weight is 86.1 g/mol. The highest BCUT2D eigenvalue weighted by Crippen LogP contribution is 2.04. The molecule has 1 saturated heterocycles. The van der Waals surface area contributed by atoms with Gasteiger partial charge in [0.1, 0.15) is 0 Å². The molecule has 0 amide bonds. The second-order valence-electron chi connectivity index (χ2n) is 1.14. The number of rotatable bonds is 0. The highest BCUT2D eigenvalue weighted by molar-refractivity contribution is 4.58. The van der Waals surface area contributed by atoms with Crippen LogP contribution in [0.2, 0.25) is 0 Å². The molecule has 1 atom stereocenters. The molecule has 1 rings (SSSR count). The van der Waals surface area contributed by atoms with Gasteiger partial charge in [0.15, 0.2) is 0 Å². The van der Waals surface area contributed by atoms with Crippen molar-refractivity contribution in [3.63, 3.8) is 0 Å². The van der Waals surface area contributed by atoms with Crippen molar-refractivity contribution in [2.45, 2.75) is 13.0 Å². The molecule has 0 spiro atoms. The smallest absolute Gasteiger partial charge is 0.0781 e. The molecule has 1 heteroatoms. The van der Waals surface area contributed by atoms with Crippen molar-refractivity contribution in [3.05, 3.63) is 13.2 Å². The summed E-state index contributed by atoms with van der Waals surface area (Å²) in [6, 6.07) is 0. The summed E-state index contributed by atoms with van der Waals surface area (Å²) in [7, 11) is 0. The summed E-state index contributed by atoms with van der Waals surface area (Å²) in [5, 5.41) is 0. The summed E-state index contributed by atoms with van der Waals surface area (Å²) in [4.78, 5) is 0. The first-order chi connectivity index (χ1) is 2.89. The maximum atomic E-state index is 4.71. The van der Waals surface area contributed by atoms with Crippen LogP contribution >= 0.6 is 0 Å². The van der Waals surface area contributed by atoms with Gasteiger partial charge in [0.25, 0.3) is 0 Å². The molecule has 1 heterocycles. The first-order valence-electron chi connectivity index (χ1n) is 2.01. The standard InChI is InChI=1S/C3H6O.C2H4/c1-3-2-4-3;1-2/h3H,2H2,1H3;1-2H2. The zero-order valence-corrected chi connectivity index (χ0v) is 4.11. The predicted octanol–water partition coefficient (Wildman–Crippen LogP) is 1.21. The maximum Gasteiger partial charge on any atom is 0.0781 e. The van der Waals surface area contributed by atoms with E-state index in [1.165, 1.54) is 0 Å². The van der Waals surface area contributed by atoms with E-state index < -0.39 is 0 Å². The topological polar surface area (TPSA) is 12.5 Å². The molecule has 36 valence electrons. The zero-order chi connectivity index (χ0) is 4.99. The third-order valence-electron chi connectivity index (χ3n) is 0.500. The highest BCUT2D eigenvalue weighted by Gasteiger charge is 2.13. The van der Waals surface area contributed by atoms with Gasteiger partial charge >= 0.3 is 0 Å². The molecule has 1 aliphatic rings. The van der Waals surface area contributed by atoms with Crippen molar-refractivity contribution in [2.24, 2.45) is 0 Å². The van der Waals surface area contributed by atoms with Gasteiger partial charge in [-0.3, -0.25) is 0 Å². The maximum absolute atomic E-state index is 4.71. The molecule has 1 aliphatic heterocycles. The second kappa shape index (κ2) is 2.91. The van der Waals surface area contributed by atoms with Crippen LogP contribution in [0.15, 0.2) is 13.2 Å². The molecular formula is C5H10O. The van der Waals surface area contributed by atoms with E-state index in [2.05, 4.69) is 20.1 Å². The Morgan fingerprint density at radius 2 is 1.83 bits per heavy atom. The minimum absolute atomic E-state index is 0.583. The van der Waals surface area contributed by atoms with E-state index in [1.807, 2.05) is 0 Å². The van der Waals surface area contributed by atoms with Gasteiger partial charge in [-0.2, -0.15) is 0 Å². The van der Waals surface area contributed by atoms with E-state index in [0.717, 1.165) is 6.61 Å². The van der Waals surface area contributed by atoms with Crippen LogP contribution in [0.3, 0.4) is 0 Å². The number of epoxide rings is 1. The van der Waals surface area contributed by atoms with Gasteiger partial charge in [0.2, 0.25) is 0 Å². The molecule has 0 aromatic carbocycles. The van der Waals surface area contributed by atoms with E-state index in [-0.39, 0.29) is 0 Å². The molecule has 1 unspecified atom stereocenters. The quantitative estimate of drug-likeness (QED) is 0.319. The molecule has 0 N–H and O–H groups in total. The number of hydrogen-bond donors (Lipinski definition) is 0. The summed E-state index contributed by atoms with van der Waals surface area (Å²) < 4.78 is 4.71. The lowest BCUT2D eigenvalue weighted by atomic mass is 10.6. The number of ether oxygens (including phenoxy) is 1. The minimum Gasteiger partial charge on any atom is -0.373 e. The Morgan fingerprint density at radius 1 is 1.67 bits per heavy atom. The monoisotopic (exact) mass is 86.1 g/mol. The van der Waals surface area contributed by atoms with Crippen LogP contribution in [0.4, 0.5) is 0 Å². The Kier molecular flexibility index (Phi) is 2.77. The molecule has 1 nitrogen and oxygen atoms in total. The number of hydrogen-bond acceptors (Lipinski definition) is 1. The summed E-state index contributed by atoms with van der Waals surface area (Å²) in [6.45, 7) is 9.04. The lowest BCUT2D eigenvalue weighted by Crippen LogP contribution is -1.60. The summed E-state index contributed by atoms with van der Waals surface area (Å²) in [5.74, 6) is 0. The van der Waals surface area contributed by atoms with E-state index in [9.17, 15) is 0 Å². The van der Waals surface area contributed by atoms with Crippen LogP contribution in [0.5, 0.6) is 0 Å². The first kappa shape index (κ1) is 5.70. The molecule has 1 fully saturated rings. The minimum atomic E-state index is 0.583. The fourth-order valence-corrected chi connectivity index (χ4v) is 0.0962. The predicted molar refractivity (Wildman–Crippen MR) is 26.7 cm³/mol. The Hall–Kier alpha value is -0.300. The van der Waals surface area contributed by atoms with Gasteiger partial charge in [-0.25, -0.2) is 0 Å². The lowest BCUT2D eigenvalue weighted by Gasteiger charge is -1.50. The van der Waals surface area contributed by atoms with Crippen LogP contribution in [-0.4, -0.2) is 12.7 Å². The van der Waals surface area contributed by atoms with E-state index in [0.29, 0.717) is 6.10 Å². The van der Waals surface area contributed by atoms with Gasteiger partial charge in [0.05, 0.1) is 12.7 Å². The largest absolute Gasteiger partial charge is 0.373 e. The fraction of sp³-hybridized carbons (Fsp3) is 0.600. The van der Waals surface area contributed by atoms with Crippen molar-refractivity contribution >= 4 is 0 Å². The van der Waals surface area contributed by atoms with Crippen molar-refractivity contribution < 1.29 is 4.74 Å². The van der Waals surface area contributed by atoms with Gasteiger partial charge in [-0.1, -0.05) is 0 Å². The Bertz CT molecular complexity index is 30.9. The van der Waals surface area contributed by atoms with E-state index in [1.54, 1.807) is 0 Å². The van der Waals surface area contributed by atoms with Crippen molar-refractivity contribution in [1.82, 2.24) is 0 Å². The summed E-state index contributed by atoms with van der Waals surface area (Å²) >= 11 is 0. The van der Waals surface area contributed by atoms with Crippen LogP contribution in [0, 0.1) is 0 Å². The molecule has 0 aromatic rings. The fourth-order valence-electron chi connectivity index (χ4n) is 0.0962. The second-order valence-corrected chi connectivity index (χ2v) is 1.14. The Balaban J connectivity index is 0.000000112. The summed E-state index contributed by atoms with van der Waals surface area (Å²) in [5.41, 5.74) is 0. The average Bonchev–Trinajstić information content (AvgIpc) is 2.30. The third-order valence-corrected chi connectivity index (χ3v) is 0.500. The first-order valence-corrected chi connectivity index (χ1v) is 2.01. The van der Waals surface area contributed by atoms with E-state index >= 15 is 0 Å². The molecule has 6 heavy (non-hydrogen) atoms. The molecule has 0 bridgehead atoms. The molecule has 0 aliphatic carbocycles. The van der Waals surface area contributed by atoms with Crippen molar-refractivity contribution in [2.75, 3.05) is 6.61 Å². The van der Waals surface area contributed by atoms with Crippen molar-refractivity contribution in [3.8, 4) is 0 Å². The normalized spacial score (nSPS) is 27.2.